The Labute approximate surface area is 114 Å². The average Bonchev–Trinajstić information content (AvgIpc) is 2.74. The molecule has 1 fully saturated rings. The van der Waals surface area contributed by atoms with Crippen molar-refractivity contribution in [2.75, 3.05) is 32.1 Å². The second kappa shape index (κ2) is 7.02. The highest BCUT2D eigenvalue weighted by molar-refractivity contribution is 5.77. The summed E-state index contributed by atoms with van der Waals surface area (Å²) in [7, 11) is 1.87. The van der Waals surface area contributed by atoms with Crippen molar-refractivity contribution in [1.29, 1.82) is 0 Å². The van der Waals surface area contributed by atoms with Crippen LogP contribution in [0.25, 0.3) is 0 Å². The normalized spacial score (nSPS) is 15.7. The monoisotopic (exact) mass is 262 g/mol. The van der Waals surface area contributed by atoms with Crippen LogP contribution in [0.2, 0.25) is 0 Å². The topological polar surface area (TPSA) is 41.6 Å². The molecule has 1 aromatic carbocycles. The van der Waals surface area contributed by atoms with Crippen LogP contribution in [0.1, 0.15) is 25.7 Å². The molecule has 1 heterocycles. The molecule has 0 aliphatic carbocycles. The summed E-state index contributed by atoms with van der Waals surface area (Å²) < 4.78 is 5.54. The lowest BCUT2D eigenvalue weighted by Gasteiger charge is -2.20. The lowest BCUT2D eigenvalue weighted by molar-refractivity contribution is -0.133. The van der Waals surface area contributed by atoms with Crippen molar-refractivity contribution in [2.45, 2.75) is 25.7 Å². The first-order chi connectivity index (χ1) is 9.29. The highest BCUT2D eigenvalue weighted by Crippen LogP contribution is 2.15. The van der Waals surface area contributed by atoms with Crippen LogP contribution >= 0.6 is 0 Å². The number of hydrogen-bond acceptors (Lipinski definition) is 3. The molecule has 104 valence electrons. The number of likely N-dealkylation sites (tertiary alicyclic amines) is 1. The van der Waals surface area contributed by atoms with Crippen molar-refractivity contribution >= 4 is 11.6 Å². The summed E-state index contributed by atoms with van der Waals surface area (Å²) in [5.41, 5.74) is 1.03. The van der Waals surface area contributed by atoms with E-state index < -0.39 is 0 Å². The minimum absolute atomic E-state index is 0.0968. The zero-order valence-electron chi connectivity index (χ0n) is 11.5. The summed E-state index contributed by atoms with van der Waals surface area (Å²) in [4.78, 5) is 14.0. The molecule has 0 bridgehead atoms. The number of carbonyl (C=O) groups excluding carboxylic acids is 1. The molecule has 1 amide bonds. The molecule has 0 spiro atoms. The van der Waals surface area contributed by atoms with Gasteiger partial charge in [0, 0.05) is 25.8 Å². The van der Waals surface area contributed by atoms with E-state index in [0.29, 0.717) is 0 Å². The second-order valence-corrected chi connectivity index (χ2v) is 4.86. The molecule has 0 saturated carbocycles. The van der Waals surface area contributed by atoms with Crippen LogP contribution in [0.3, 0.4) is 0 Å². The van der Waals surface area contributed by atoms with Gasteiger partial charge in [-0.15, -0.1) is 0 Å². The zero-order chi connectivity index (χ0) is 13.5. The van der Waals surface area contributed by atoms with E-state index in [1.165, 1.54) is 12.8 Å². The van der Waals surface area contributed by atoms with E-state index in [0.717, 1.165) is 37.4 Å². The summed E-state index contributed by atoms with van der Waals surface area (Å²) in [6.07, 6.45) is 4.69. The zero-order valence-corrected chi connectivity index (χ0v) is 11.5. The Balaban J connectivity index is 1.81. The molecule has 19 heavy (non-hydrogen) atoms. The molecule has 0 atom stereocenters. The Kier molecular flexibility index (Phi) is 5.07. The highest BCUT2D eigenvalue weighted by Gasteiger charge is 2.15. The maximum absolute atomic E-state index is 12.0. The lowest BCUT2D eigenvalue weighted by Crippen LogP contribution is -2.35. The van der Waals surface area contributed by atoms with Crippen LogP contribution in [-0.2, 0) is 4.79 Å². The Hall–Kier alpha value is -1.71. The standard InChI is InChI=1S/C15H22N2O2/c1-16-13-6-8-14(9-7-13)19-12-15(18)17-10-4-2-3-5-11-17/h6-9,16H,2-5,10-12H2,1H3. The van der Waals surface area contributed by atoms with Crippen LogP contribution in [0.4, 0.5) is 5.69 Å². The van der Waals surface area contributed by atoms with E-state index in [2.05, 4.69) is 5.32 Å². The molecule has 1 aliphatic rings. The van der Waals surface area contributed by atoms with Gasteiger partial charge in [0.25, 0.3) is 5.91 Å². The van der Waals surface area contributed by atoms with Crippen molar-refractivity contribution in [3.63, 3.8) is 0 Å². The molecule has 0 unspecified atom stereocenters. The Morgan fingerprint density at radius 3 is 2.37 bits per heavy atom. The van der Waals surface area contributed by atoms with E-state index in [4.69, 9.17) is 4.74 Å². The van der Waals surface area contributed by atoms with Crippen LogP contribution in [0.5, 0.6) is 5.75 Å². The first-order valence-corrected chi connectivity index (χ1v) is 6.98. The Morgan fingerprint density at radius 1 is 1.16 bits per heavy atom. The number of anilines is 1. The van der Waals surface area contributed by atoms with Gasteiger partial charge in [0.1, 0.15) is 5.75 Å². The number of hydrogen-bond donors (Lipinski definition) is 1. The van der Waals surface area contributed by atoms with Gasteiger partial charge in [0.05, 0.1) is 0 Å². The second-order valence-electron chi connectivity index (χ2n) is 4.86. The molecule has 1 saturated heterocycles. The maximum Gasteiger partial charge on any atom is 0.260 e. The van der Waals surface area contributed by atoms with Gasteiger partial charge < -0.3 is 15.0 Å². The first-order valence-electron chi connectivity index (χ1n) is 6.98. The Morgan fingerprint density at radius 2 is 1.79 bits per heavy atom. The third-order valence-corrected chi connectivity index (χ3v) is 3.46. The molecule has 0 aromatic heterocycles. The molecule has 4 heteroatoms. The van der Waals surface area contributed by atoms with Gasteiger partial charge in [-0.1, -0.05) is 12.8 Å². The SMILES string of the molecule is CNc1ccc(OCC(=O)N2CCCCCC2)cc1. The van der Waals surface area contributed by atoms with Crippen molar-refractivity contribution in [1.82, 2.24) is 4.90 Å². The molecular weight excluding hydrogens is 240 g/mol. The quantitative estimate of drug-likeness (QED) is 0.906. The fourth-order valence-electron chi connectivity index (χ4n) is 2.27. The molecule has 1 aromatic rings. The summed E-state index contributed by atoms with van der Waals surface area (Å²) in [5.74, 6) is 0.835. The van der Waals surface area contributed by atoms with Gasteiger partial charge in [0.15, 0.2) is 6.61 Å². The summed E-state index contributed by atoms with van der Waals surface area (Å²) in [5, 5.41) is 3.05. The van der Waals surface area contributed by atoms with Gasteiger partial charge in [-0.25, -0.2) is 0 Å². The van der Waals surface area contributed by atoms with Crippen LogP contribution in [0.15, 0.2) is 24.3 Å². The highest BCUT2D eigenvalue weighted by atomic mass is 16.5. The summed E-state index contributed by atoms with van der Waals surface area (Å²) in [6, 6.07) is 7.63. The van der Waals surface area contributed by atoms with Crippen LogP contribution in [0, 0.1) is 0 Å². The third-order valence-electron chi connectivity index (χ3n) is 3.46. The lowest BCUT2D eigenvalue weighted by atomic mass is 10.2. The molecule has 4 nitrogen and oxygen atoms in total. The predicted molar refractivity (Wildman–Crippen MR) is 76.5 cm³/mol. The van der Waals surface area contributed by atoms with Gasteiger partial charge in [-0.2, -0.15) is 0 Å². The van der Waals surface area contributed by atoms with E-state index >= 15 is 0 Å². The van der Waals surface area contributed by atoms with E-state index in [1.54, 1.807) is 0 Å². The number of nitrogens with zero attached hydrogens (tertiary/aromatic N) is 1. The van der Waals surface area contributed by atoms with E-state index in [1.807, 2.05) is 36.2 Å². The van der Waals surface area contributed by atoms with E-state index in [-0.39, 0.29) is 12.5 Å². The minimum Gasteiger partial charge on any atom is -0.484 e. The summed E-state index contributed by atoms with van der Waals surface area (Å²) in [6.45, 7) is 1.89. The fourth-order valence-corrected chi connectivity index (χ4v) is 2.27. The first kappa shape index (κ1) is 13.7. The number of benzene rings is 1. The molecule has 1 aliphatic heterocycles. The minimum atomic E-state index is 0.0968. The number of rotatable bonds is 4. The molecular formula is C15H22N2O2. The fraction of sp³-hybridized carbons (Fsp3) is 0.533. The number of nitrogens with one attached hydrogen (secondary N) is 1. The smallest absolute Gasteiger partial charge is 0.260 e. The van der Waals surface area contributed by atoms with Crippen LogP contribution in [-0.4, -0.2) is 37.6 Å². The Bertz CT molecular complexity index is 395. The van der Waals surface area contributed by atoms with Crippen molar-refractivity contribution in [3.8, 4) is 5.75 Å². The number of carbonyl (C=O) groups is 1. The van der Waals surface area contributed by atoms with Crippen molar-refractivity contribution < 1.29 is 9.53 Å². The van der Waals surface area contributed by atoms with E-state index in [9.17, 15) is 4.79 Å². The largest absolute Gasteiger partial charge is 0.484 e. The average molecular weight is 262 g/mol. The van der Waals surface area contributed by atoms with Crippen molar-refractivity contribution in [3.05, 3.63) is 24.3 Å². The number of amides is 1. The van der Waals surface area contributed by atoms with Gasteiger partial charge in [-0.05, 0) is 37.1 Å². The molecule has 2 rings (SSSR count). The number of ether oxygens (including phenoxy) is 1. The third kappa shape index (κ3) is 4.16. The summed E-state index contributed by atoms with van der Waals surface area (Å²) >= 11 is 0. The van der Waals surface area contributed by atoms with Gasteiger partial charge in [0.2, 0.25) is 0 Å². The molecule has 0 radical (unpaired) electrons. The predicted octanol–water partition coefficient (Wildman–Crippen LogP) is 2.51. The van der Waals surface area contributed by atoms with Crippen LogP contribution < -0.4 is 10.1 Å². The maximum atomic E-state index is 12.0. The van der Waals surface area contributed by atoms with Gasteiger partial charge in [-0.3, -0.25) is 4.79 Å². The molecule has 1 N–H and O–H groups in total. The van der Waals surface area contributed by atoms with Crippen molar-refractivity contribution in [2.24, 2.45) is 0 Å². The van der Waals surface area contributed by atoms with Gasteiger partial charge >= 0.3 is 0 Å².